The number of benzene rings is 1. The first-order chi connectivity index (χ1) is 20.0. The number of aryl methyl sites for hydroxylation is 1. The second-order valence-corrected chi connectivity index (χ2v) is 9.63. The molecule has 4 heterocycles. The van der Waals surface area contributed by atoms with Crippen LogP contribution in [0, 0.1) is 0 Å². The lowest BCUT2D eigenvalue weighted by molar-refractivity contribution is -0.207. The Labute approximate surface area is 240 Å². The standard InChI is InChI=1S/C26H23ClF3N9O3/c1-2-36-12-17(11-33-36)21(40)10-19-20(4-3-9-31-19)39-15-32-23(34-39)14-38-25(42)37(13-22(41)26(28,29)30)24(35-38)16-5-7-18(27)8-6-16/h3-9,11-12,15,22,41H,2,10,13-14H2,1H3/t22-/m0/s1. The number of nitrogens with zero attached hydrogens (tertiary/aromatic N) is 9. The van der Waals surface area contributed by atoms with Crippen molar-refractivity contribution in [2.24, 2.45) is 0 Å². The molecule has 0 saturated carbocycles. The number of carbonyl (C=O) groups excluding carboxylic acids is 1. The highest BCUT2D eigenvalue weighted by Crippen LogP contribution is 2.24. The second-order valence-electron chi connectivity index (χ2n) is 9.20. The van der Waals surface area contributed by atoms with E-state index in [-0.39, 0.29) is 30.4 Å². The highest BCUT2D eigenvalue weighted by atomic mass is 35.5. The molecule has 0 aliphatic carbocycles. The fourth-order valence-electron chi connectivity index (χ4n) is 4.13. The largest absolute Gasteiger partial charge is 0.416 e. The Kier molecular flexibility index (Phi) is 8.04. The zero-order valence-corrected chi connectivity index (χ0v) is 22.7. The molecule has 0 radical (unpaired) electrons. The van der Waals surface area contributed by atoms with Crippen molar-refractivity contribution in [3.8, 4) is 17.1 Å². The predicted octanol–water partition coefficient (Wildman–Crippen LogP) is 2.95. The van der Waals surface area contributed by atoms with Gasteiger partial charge in [-0.3, -0.25) is 19.0 Å². The van der Waals surface area contributed by atoms with Crippen LogP contribution >= 0.6 is 11.6 Å². The number of hydrogen-bond donors (Lipinski definition) is 1. The van der Waals surface area contributed by atoms with E-state index in [0.717, 1.165) is 9.25 Å². The molecule has 218 valence electrons. The molecule has 0 aliphatic rings. The molecule has 0 amide bonds. The molecule has 4 aromatic heterocycles. The molecule has 0 spiro atoms. The summed E-state index contributed by atoms with van der Waals surface area (Å²) in [5, 5.41) is 22.8. The Bertz CT molecular complexity index is 1770. The van der Waals surface area contributed by atoms with E-state index in [0.29, 0.717) is 34.1 Å². The van der Waals surface area contributed by atoms with Crippen LogP contribution < -0.4 is 5.69 Å². The van der Waals surface area contributed by atoms with Gasteiger partial charge in [0.15, 0.2) is 23.5 Å². The third-order valence-corrected chi connectivity index (χ3v) is 6.56. The summed E-state index contributed by atoms with van der Waals surface area (Å²) in [5.74, 6) is -0.173. The van der Waals surface area contributed by atoms with Gasteiger partial charge in [-0.2, -0.15) is 18.3 Å². The number of alkyl halides is 3. The van der Waals surface area contributed by atoms with Gasteiger partial charge in [0, 0.05) is 29.5 Å². The molecule has 1 aromatic carbocycles. The number of Topliss-reactive ketones (excluding diaryl/α,β-unsaturated/α-hetero) is 1. The molecule has 1 atom stereocenters. The van der Waals surface area contributed by atoms with Gasteiger partial charge in [0.05, 0.1) is 36.1 Å². The van der Waals surface area contributed by atoms with Crippen molar-refractivity contribution >= 4 is 17.4 Å². The van der Waals surface area contributed by atoms with Crippen LogP contribution in [0.5, 0.6) is 0 Å². The van der Waals surface area contributed by atoms with E-state index in [1.807, 2.05) is 6.92 Å². The Hall–Kier alpha value is -4.63. The van der Waals surface area contributed by atoms with E-state index in [1.54, 1.807) is 29.2 Å². The lowest BCUT2D eigenvalue weighted by Crippen LogP contribution is -2.37. The molecule has 12 nitrogen and oxygen atoms in total. The molecule has 0 bridgehead atoms. The van der Waals surface area contributed by atoms with Gasteiger partial charge in [-0.1, -0.05) is 11.6 Å². The van der Waals surface area contributed by atoms with Crippen LogP contribution in [-0.4, -0.2) is 67.0 Å². The maximum absolute atomic E-state index is 13.1. The first kappa shape index (κ1) is 28.9. The van der Waals surface area contributed by atoms with Crippen LogP contribution in [0.1, 0.15) is 28.8 Å². The van der Waals surface area contributed by atoms with Gasteiger partial charge in [-0.15, -0.1) is 10.2 Å². The van der Waals surface area contributed by atoms with Gasteiger partial charge < -0.3 is 5.11 Å². The molecular formula is C26H23ClF3N9O3. The van der Waals surface area contributed by atoms with Crippen LogP contribution in [0.2, 0.25) is 5.02 Å². The molecule has 16 heteroatoms. The second kappa shape index (κ2) is 11.7. The monoisotopic (exact) mass is 601 g/mol. The van der Waals surface area contributed by atoms with Crippen LogP contribution in [-0.2, 0) is 26.1 Å². The van der Waals surface area contributed by atoms with E-state index in [9.17, 15) is 27.9 Å². The summed E-state index contributed by atoms with van der Waals surface area (Å²) in [7, 11) is 0. The van der Waals surface area contributed by atoms with Crippen molar-refractivity contribution in [3.05, 3.63) is 93.9 Å². The van der Waals surface area contributed by atoms with E-state index < -0.39 is 24.5 Å². The molecule has 0 saturated heterocycles. The van der Waals surface area contributed by atoms with Gasteiger partial charge in [0.1, 0.15) is 12.9 Å². The molecule has 5 aromatic rings. The maximum atomic E-state index is 13.1. The Balaban J connectivity index is 1.43. The van der Waals surface area contributed by atoms with Gasteiger partial charge >= 0.3 is 11.9 Å². The summed E-state index contributed by atoms with van der Waals surface area (Å²) in [5.41, 5.74) is 0.753. The molecule has 0 unspecified atom stereocenters. The highest BCUT2D eigenvalue weighted by Gasteiger charge is 2.39. The minimum Gasteiger partial charge on any atom is -0.382 e. The van der Waals surface area contributed by atoms with E-state index in [4.69, 9.17) is 11.6 Å². The number of ketones is 1. The number of aromatic nitrogens is 9. The Morgan fingerprint density at radius 1 is 1.12 bits per heavy atom. The summed E-state index contributed by atoms with van der Waals surface area (Å²) < 4.78 is 44.1. The van der Waals surface area contributed by atoms with Crippen LogP contribution in [0.25, 0.3) is 17.1 Å². The summed E-state index contributed by atoms with van der Waals surface area (Å²) in [4.78, 5) is 34.5. The number of carbonyl (C=O) groups is 1. The molecular weight excluding hydrogens is 579 g/mol. The lowest BCUT2D eigenvalue weighted by Gasteiger charge is -2.15. The quantitative estimate of drug-likeness (QED) is 0.241. The summed E-state index contributed by atoms with van der Waals surface area (Å²) in [6.45, 7) is 1.18. The molecule has 1 N–H and O–H groups in total. The van der Waals surface area contributed by atoms with Crippen molar-refractivity contribution in [2.75, 3.05) is 0 Å². The van der Waals surface area contributed by atoms with Crippen molar-refractivity contribution in [1.82, 2.24) is 43.9 Å². The van der Waals surface area contributed by atoms with Crippen molar-refractivity contribution < 1.29 is 23.1 Å². The van der Waals surface area contributed by atoms with Gasteiger partial charge in [0.2, 0.25) is 0 Å². The smallest absolute Gasteiger partial charge is 0.382 e. The van der Waals surface area contributed by atoms with Crippen molar-refractivity contribution in [2.45, 2.75) is 45.3 Å². The van der Waals surface area contributed by atoms with Gasteiger partial charge in [0.25, 0.3) is 0 Å². The average molecular weight is 602 g/mol. The van der Waals surface area contributed by atoms with Crippen LogP contribution in [0.15, 0.2) is 66.1 Å². The normalized spacial score (nSPS) is 12.5. The fourth-order valence-corrected chi connectivity index (χ4v) is 4.25. The SMILES string of the molecule is CCn1cc(C(=O)Cc2ncccc2-n2cnc(Cn3nc(-c4ccc(Cl)cc4)n(C[C@H](O)C(F)(F)F)c3=O)n2)cn1. The predicted molar refractivity (Wildman–Crippen MR) is 143 cm³/mol. The first-order valence-corrected chi connectivity index (χ1v) is 13.0. The van der Waals surface area contributed by atoms with Crippen molar-refractivity contribution in [1.29, 1.82) is 0 Å². The Morgan fingerprint density at radius 3 is 2.57 bits per heavy atom. The number of aliphatic hydroxyl groups is 1. The number of halogens is 4. The molecule has 0 fully saturated rings. The first-order valence-electron chi connectivity index (χ1n) is 12.6. The summed E-state index contributed by atoms with van der Waals surface area (Å²) in [6.07, 6.45) is -1.72. The van der Waals surface area contributed by atoms with Gasteiger partial charge in [-0.05, 0) is 43.3 Å². The third kappa shape index (κ3) is 6.16. The topological polar surface area (TPSA) is 139 Å². The summed E-state index contributed by atoms with van der Waals surface area (Å²) in [6, 6.07) is 9.35. The zero-order chi connectivity index (χ0) is 30.0. The number of aliphatic hydroxyl groups excluding tert-OH is 1. The van der Waals surface area contributed by atoms with Gasteiger partial charge in [-0.25, -0.2) is 19.1 Å². The number of rotatable bonds is 10. The maximum Gasteiger partial charge on any atom is 0.416 e. The Morgan fingerprint density at radius 2 is 1.88 bits per heavy atom. The lowest BCUT2D eigenvalue weighted by atomic mass is 10.1. The third-order valence-electron chi connectivity index (χ3n) is 6.31. The van der Waals surface area contributed by atoms with E-state index >= 15 is 0 Å². The average Bonchev–Trinajstić information content (AvgIpc) is 3.70. The highest BCUT2D eigenvalue weighted by molar-refractivity contribution is 6.30. The molecule has 0 aliphatic heterocycles. The zero-order valence-electron chi connectivity index (χ0n) is 22.0. The number of pyridine rings is 1. The van der Waals surface area contributed by atoms with Crippen molar-refractivity contribution in [3.63, 3.8) is 0 Å². The minimum absolute atomic E-state index is 0.0311. The van der Waals surface area contributed by atoms with E-state index in [2.05, 4.69) is 25.3 Å². The molecule has 5 rings (SSSR count). The van der Waals surface area contributed by atoms with Crippen LogP contribution in [0.3, 0.4) is 0 Å². The van der Waals surface area contributed by atoms with E-state index in [1.165, 1.54) is 41.5 Å². The van der Waals surface area contributed by atoms with Crippen LogP contribution in [0.4, 0.5) is 13.2 Å². The fraction of sp³-hybridized carbons (Fsp3) is 0.269. The minimum atomic E-state index is -4.95. The number of hydrogen-bond acceptors (Lipinski definition) is 8. The summed E-state index contributed by atoms with van der Waals surface area (Å²) >= 11 is 5.93. The molecule has 42 heavy (non-hydrogen) atoms.